The third kappa shape index (κ3) is 7.68. The van der Waals surface area contributed by atoms with Gasteiger partial charge < -0.3 is 121 Å². The van der Waals surface area contributed by atoms with Gasteiger partial charge in [0.25, 0.3) is 0 Å². The fourth-order valence-corrected chi connectivity index (χ4v) is 12.5. The highest BCUT2D eigenvalue weighted by atomic mass is 16.7. The van der Waals surface area contributed by atoms with Gasteiger partial charge in [0.2, 0.25) is 0 Å². The molecule has 0 saturated carbocycles. The number of phenolic OH excluding ortho intramolecular Hbond substituents is 15. The van der Waals surface area contributed by atoms with Gasteiger partial charge in [0.05, 0.1) is 23.9 Å². The normalized spacial score (nSPS) is 25.1. The van der Waals surface area contributed by atoms with Crippen molar-refractivity contribution >= 4 is 0 Å². The molecule has 2 bridgehead atoms. The maximum Gasteiger partial charge on any atom is 0.305 e. The van der Waals surface area contributed by atoms with E-state index >= 15 is 0 Å². The monoisotopic (exact) mass is 1150 g/mol. The second-order valence-corrected chi connectivity index (χ2v) is 21.2. The van der Waals surface area contributed by atoms with Crippen molar-refractivity contribution in [3.05, 3.63) is 164 Å². The van der Waals surface area contributed by atoms with Gasteiger partial charge in [-0.05, 0) is 71.3 Å². The van der Waals surface area contributed by atoms with Crippen molar-refractivity contribution in [2.24, 2.45) is 0 Å². The van der Waals surface area contributed by atoms with Crippen molar-refractivity contribution in [1.29, 1.82) is 0 Å². The van der Waals surface area contributed by atoms with Gasteiger partial charge >= 0.3 is 5.79 Å². The molecule has 24 heteroatoms. The lowest BCUT2D eigenvalue weighted by Crippen LogP contribution is -2.57. The SMILES string of the molecule is Oc1cc(O)c2c(c1)O[C@@]1(c3ccc(O)c(O)c3)Oc3cc(O)c4c(c3[C@@H]2[C@H]1O)O[C@H](c1ccc(O)c(O)c1)[C@H](O)[C@H]4c1c(O)cc(O)c2c1O[C@H](c1ccc(O)c(O)c1)[C@H](O)[C@H]2c1c(O)cc2c(c1O)C[C@H](O)[C@H](c1ccc(O)c(O)c1)O2. The Morgan fingerprint density at radius 3 is 1.30 bits per heavy atom. The van der Waals surface area contributed by atoms with E-state index in [0.29, 0.717) is 0 Å². The molecule has 0 radical (unpaired) electrons. The number of aliphatic hydroxyl groups excluding tert-OH is 4. The van der Waals surface area contributed by atoms with Crippen LogP contribution in [0.25, 0.3) is 0 Å². The number of ether oxygens (including phenoxy) is 5. The molecular weight excluding hydrogens is 1100 g/mol. The van der Waals surface area contributed by atoms with E-state index in [1.165, 1.54) is 24.3 Å². The predicted molar refractivity (Wildman–Crippen MR) is 283 cm³/mol. The van der Waals surface area contributed by atoms with Crippen LogP contribution in [0, 0.1) is 0 Å². The van der Waals surface area contributed by atoms with Crippen molar-refractivity contribution in [1.82, 2.24) is 0 Å². The molecule has 0 aromatic heterocycles. The maximum absolute atomic E-state index is 13.1. The van der Waals surface area contributed by atoms with Crippen LogP contribution in [0.5, 0.6) is 115 Å². The van der Waals surface area contributed by atoms with Crippen molar-refractivity contribution < 1.29 is 121 Å². The lowest BCUT2D eigenvalue weighted by molar-refractivity contribution is -0.219. The number of benzene rings is 8. The molecule has 13 rings (SSSR count). The molecule has 19 N–H and O–H groups in total. The number of fused-ring (bicyclic) bond motifs is 10. The lowest BCUT2D eigenvalue weighted by atomic mass is 9.71. The molecule has 11 atom stereocenters. The minimum atomic E-state index is -2.43. The highest BCUT2D eigenvalue weighted by Gasteiger charge is 2.61. The van der Waals surface area contributed by atoms with Crippen molar-refractivity contribution in [2.45, 2.75) is 72.7 Å². The second kappa shape index (κ2) is 18.6. The van der Waals surface area contributed by atoms with E-state index in [1.807, 2.05) is 0 Å². The summed E-state index contributed by atoms with van der Waals surface area (Å²) in [5.41, 5.74) is -2.71. The van der Waals surface area contributed by atoms with Crippen molar-refractivity contribution in [2.75, 3.05) is 0 Å². The van der Waals surface area contributed by atoms with Crippen LogP contribution >= 0.6 is 0 Å². The number of phenols is 15. The summed E-state index contributed by atoms with van der Waals surface area (Å²) in [6.45, 7) is 0. The van der Waals surface area contributed by atoms with E-state index in [2.05, 4.69) is 0 Å². The summed E-state index contributed by atoms with van der Waals surface area (Å²) in [6, 6.07) is 18.4. The highest BCUT2D eigenvalue weighted by Crippen LogP contribution is 2.67. The zero-order chi connectivity index (χ0) is 59.4. The molecule has 5 heterocycles. The van der Waals surface area contributed by atoms with Gasteiger partial charge in [-0.1, -0.05) is 18.2 Å². The van der Waals surface area contributed by atoms with Crippen LogP contribution < -0.4 is 23.7 Å². The largest absolute Gasteiger partial charge is 0.508 e. The molecule has 84 heavy (non-hydrogen) atoms. The Hall–Kier alpha value is -10.4. The third-order valence-electron chi connectivity index (χ3n) is 16.4. The van der Waals surface area contributed by atoms with E-state index in [9.17, 15) is 97.0 Å². The number of hydrogen-bond donors (Lipinski definition) is 19. The summed E-state index contributed by atoms with van der Waals surface area (Å²) in [5.74, 6) is -20.0. The Morgan fingerprint density at radius 2 is 0.774 bits per heavy atom. The fourth-order valence-electron chi connectivity index (χ4n) is 12.5. The molecule has 0 fully saturated rings. The number of rotatable bonds is 6. The van der Waals surface area contributed by atoms with Crippen LogP contribution in [-0.2, 0) is 12.2 Å². The molecule has 432 valence electrons. The summed E-state index contributed by atoms with van der Waals surface area (Å²) in [4.78, 5) is 0. The summed E-state index contributed by atoms with van der Waals surface area (Å²) in [5, 5.41) is 218. The highest BCUT2D eigenvalue weighted by molar-refractivity contribution is 5.74. The first kappa shape index (κ1) is 52.9. The molecule has 0 spiro atoms. The lowest BCUT2D eigenvalue weighted by Gasteiger charge is -2.51. The van der Waals surface area contributed by atoms with Gasteiger partial charge in [-0.3, -0.25) is 0 Å². The average molecular weight is 1150 g/mol. The quantitative estimate of drug-likeness (QED) is 0.0889. The van der Waals surface area contributed by atoms with Crippen molar-refractivity contribution in [3.8, 4) is 115 Å². The number of hydrogen-bond acceptors (Lipinski definition) is 24. The molecule has 5 aliphatic rings. The first-order valence-corrected chi connectivity index (χ1v) is 25.8. The third-order valence-corrected chi connectivity index (χ3v) is 16.4. The minimum Gasteiger partial charge on any atom is -0.508 e. The molecule has 0 aliphatic carbocycles. The summed E-state index contributed by atoms with van der Waals surface area (Å²) in [7, 11) is 0. The topological polar surface area (TPSA) is 431 Å². The van der Waals surface area contributed by atoms with Gasteiger partial charge in [-0.15, -0.1) is 0 Å². The van der Waals surface area contributed by atoms with Crippen LogP contribution in [0.15, 0.2) is 103 Å². The van der Waals surface area contributed by atoms with Gasteiger partial charge in [-0.2, -0.15) is 0 Å². The maximum atomic E-state index is 13.1. The molecular formula is C60H48O24. The van der Waals surface area contributed by atoms with E-state index in [1.54, 1.807) is 0 Å². The summed E-state index contributed by atoms with van der Waals surface area (Å²) in [6.07, 6.45) is -12.8. The molecule has 24 nitrogen and oxygen atoms in total. The minimum absolute atomic E-state index is 0.0894. The van der Waals surface area contributed by atoms with Crippen LogP contribution in [0.4, 0.5) is 0 Å². The number of aliphatic hydroxyl groups is 4. The Bertz CT molecular complexity index is 4110. The van der Waals surface area contributed by atoms with E-state index < -0.39 is 193 Å². The van der Waals surface area contributed by atoms with Crippen molar-refractivity contribution in [3.63, 3.8) is 0 Å². The van der Waals surface area contributed by atoms with Gasteiger partial charge in [0.15, 0.2) is 58.2 Å². The zero-order valence-corrected chi connectivity index (χ0v) is 42.8. The van der Waals surface area contributed by atoms with Gasteiger partial charge in [0, 0.05) is 81.3 Å². The van der Waals surface area contributed by atoms with Gasteiger partial charge in [-0.25, -0.2) is 0 Å². The van der Waals surface area contributed by atoms with Gasteiger partial charge in [0.1, 0.15) is 93.4 Å². The van der Waals surface area contributed by atoms with Crippen LogP contribution in [-0.4, -0.2) is 121 Å². The molecule has 0 unspecified atom stereocenters. The van der Waals surface area contributed by atoms with Crippen LogP contribution in [0.3, 0.4) is 0 Å². The molecule has 8 aromatic rings. The first-order valence-electron chi connectivity index (χ1n) is 25.8. The second-order valence-electron chi connectivity index (χ2n) is 21.2. The molecule has 0 saturated heterocycles. The predicted octanol–water partition coefficient (Wildman–Crippen LogP) is 5.69. The molecule has 8 aromatic carbocycles. The van der Waals surface area contributed by atoms with Crippen LogP contribution in [0.1, 0.15) is 97.3 Å². The summed E-state index contributed by atoms with van der Waals surface area (Å²) < 4.78 is 32.2. The first-order chi connectivity index (χ1) is 40.0. The van der Waals surface area contributed by atoms with E-state index in [4.69, 9.17) is 23.7 Å². The van der Waals surface area contributed by atoms with Crippen LogP contribution in [0.2, 0.25) is 0 Å². The average Bonchev–Trinajstić information content (AvgIpc) is 0.717. The van der Waals surface area contributed by atoms with E-state index in [-0.39, 0.29) is 56.2 Å². The van der Waals surface area contributed by atoms with E-state index in [0.717, 1.165) is 78.9 Å². The smallest absolute Gasteiger partial charge is 0.305 e. The Morgan fingerprint density at radius 1 is 0.345 bits per heavy atom. The molecule has 5 aliphatic heterocycles. The fraction of sp³-hybridized carbons (Fsp3) is 0.200. The number of aromatic hydroxyl groups is 15. The Kier molecular flexibility index (Phi) is 11.7. The zero-order valence-electron chi connectivity index (χ0n) is 42.8. The Labute approximate surface area is 471 Å². The molecule has 0 amide bonds. The Balaban J connectivity index is 1.06. The standard InChI is InChI=1S/C60H48O24/c61-23-13-33(70)42-40(14-23)83-60(22-4-8-28(65)32(69)12-22)59(79)50(42)47-41(84-60)18-37(74)46-49(53(78)56(82-58(46)47)21-3-7-27(64)31(68)11-21)45-35(72)16-34(71)44-48(52(77)55(81-57(44)45)20-2-6-26(63)30(67)10-20)43-36(73)17-39-24(51(43)76)15-38(75)54(80-39)19-1-5-25(62)29(66)9-19/h1-14,16-18,38,48-50,52-56,59,61-79H,15H2/t38-,48-,49-,50+,52+,53+,54-,55+,56+,59+,60-/m0/s1. The summed E-state index contributed by atoms with van der Waals surface area (Å²) >= 11 is 0.